The van der Waals surface area contributed by atoms with Gasteiger partial charge in [-0.3, -0.25) is 15.0 Å². The van der Waals surface area contributed by atoms with E-state index in [0.717, 1.165) is 58.4 Å². The molecule has 0 bridgehead atoms. The van der Waals surface area contributed by atoms with Crippen molar-refractivity contribution >= 4 is 11.4 Å². The van der Waals surface area contributed by atoms with Gasteiger partial charge in [0.15, 0.2) is 5.82 Å². The molecule has 2 saturated heterocycles. The highest BCUT2D eigenvalue weighted by Crippen LogP contribution is 2.25. The van der Waals surface area contributed by atoms with Crippen molar-refractivity contribution in [3.8, 4) is 0 Å². The van der Waals surface area contributed by atoms with Crippen LogP contribution < -0.4 is 4.90 Å². The summed E-state index contributed by atoms with van der Waals surface area (Å²) in [6.45, 7) is 5.98. The molecule has 0 radical (unpaired) electrons. The highest BCUT2D eigenvalue weighted by Gasteiger charge is 2.24. The molecule has 2 heterocycles. The third kappa shape index (κ3) is 3.36. The van der Waals surface area contributed by atoms with Crippen molar-refractivity contribution in [2.24, 2.45) is 5.92 Å². The molecule has 3 rings (SSSR count). The summed E-state index contributed by atoms with van der Waals surface area (Å²) in [4.78, 5) is 14.4. The van der Waals surface area contributed by atoms with Gasteiger partial charge in [0.1, 0.15) is 0 Å². The smallest absolute Gasteiger partial charge is 0.272 e. The predicted octanol–water partition coefficient (Wildman–Crippen LogP) is 1.89. The largest absolute Gasteiger partial charge is 0.381 e. The maximum Gasteiger partial charge on any atom is 0.272 e. The second-order valence-corrected chi connectivity index (χ2v) is 5.91. The van der Waals surface area contributed by atoms with Gasteiger partial charge in [0.2, 0.25) is 0 Å². The summed E-state index contributed by atoms with van der Waals surface area (Å²) in [7, 11) is 0. The normalized spacial score (nSPS) is 23.0. The molecule has 0 amide bonds. The van der Waals surface area contributed by atoms with Gasteiger partial charge in [-0.25, -0.2) is 4.39 Å². The highest BCUT2D eigenvalue weighted by molar-refractivity contribution is 5.52. The molecule has 0 saturated carbocycles. The van der Waals surface area contributed by atoms with Gasteiger partial charge in [-0.15, -0.1) is 0 Å². The van der Waals surface area contributed by atoms with Crippen LogP contribution in [0.3, 0.4) is 0 Å². The standard InChI is InChI=1S/C15H20FN3O3/c16-14-9-13(19(20)21)1-2-15(14)18-6-4-17(5-7-18)10-12-3-8-22-11-12/h1-2,9,12H,3-8,10-11H2. The summed E-state index contributed by atoms with van der Waals surface area (Å²) < 4.78 is 19.4. The topological polar surface area (TPSA) is 58.9 Å². The molecule has 7 heteroatoms. The minimum Gasteiger partial charge on any atom is -0.381 e. The second kappa shape index (κ2) is 6.58. The molecule has 0 N–H and O–H groups in total. The Morgan fingerprint density at radius 1 is 1.32 bits per heavy atom. The Morgan fingerprint density at radius 3 is 2.68 bits per heavy atom. The van der Waals surface area contributed by atoms with Crippen molar-refractivity contribution in [1.29, 1.82) is 0 Å². The van der Waals surface area contributed by atoms with E-state index in [0.29, 0.717) is 11.6 Å². The molecule has 1 atom stereocenters. The van der Waals surface area contributed by atoms with Gasteiger partial charge in [0.25, 0.3) is 5.69 Å². The first-order chi connectivity index (χ1) is 10.6. The Labute approximate surface area is 128 Å². The van der Waals surface area contributed by atoms with E-state index < -0.39 is 10.7 Å². The van der Waals surface area contributed by atoms with Crippen LogP contribution in [0.4, 0.5) is 15.8 Å². The number of hydrogen-bond acceptors (Lipinski definition) is 5. The summed E-state index contributed by atoms with van der Waals surface area (Å²) in [5.74, 6) is 0.0921. The van der Waals surface area contributed by atoms with Gasteiger partial charge < -0.3 is 9.64 Å². The van der Waals surface area contributed by atoms with E-state index in [9.17, 15) is 14.5 Å². The van der Waals surface area contributed by atoms with Crippen molar-refractivity contribution in [3.63, 3.8) is 0 Å². The number of ether oxygens (including phenoxy) is 1. The van der Waals surface area contributed by atoms with Gasteiger partial charge in [0, 0.05) is 45.4 Å². The molecule has 1 aromatic rings. The maximum atomic E-state index is 14.0. The van der Waals surface area contributed by atoms with Gasteiger partial charge in [0.05, 0.1) is 23.3 Å². The van der Waals surface area contributed by atoms with Crippen molar-refractivity contribution in [2.45, 2.75) is 6.42 Å². The fourth-order valence-electron chi connectivity index (χ4n) is 3.13. The second-order valence-electron chi connectivity index (χ2n) is 5.91. The lowest BCUT2D eigenvalue weighted by atomic mass is 10.1. The minimum absolute atomic E-state index is 0.207. The number of hydrogen-bond donors (Lipinski definition) is 0. The molecule has 0 aliphatic carbocycles. The summed E-state index contributed by atoms with van der Waals surface area (Å²) in [6, 6.07) is 3.87. The third-order valence-electron chi connectivity index (χ3n) is 4.40. The van der Waals surface area contributed by atoms with E-state index in [2.05, 4.69) is 4.90 Å². The fraction of sp³-hybridized carbons (Fsp3) is 0.600. The highest BCUT2D eigenvalue weighted by atomic mass is 19.1. The molecule has 2 aliphatic heterocycles. The summed E-state index contributed by atoms with van der Waals surface area (Å²) in [6.07, 6.45) is 1.12. The Hall–Kier alpha value is -1.73. The molecule has 0 aromatic heterocycles. The SMILES string of the molecule is O=[N+]([O-])c1ccc(N2CCN(CC3CCOC3)CC2)c(F)c1. The molecule has 6 nitrogen and oxygen atoms in total. The maximum absolute atomic E-state index is 14.0. The predicted molar refractivity (Wildman–Crippen MR) is 80.6 cm³/mol. The zero-order chi connectivity index (χ0) is 15.5. The van der Waals surface area contributed by atoms with Crippen molar-refractivity contribution in [3.05, 3.63) is 34.1 Å². The number of non-ortho nitro benzene ring substituents is 1. The number of anilines is 1. The van der Waals surface area contributed by atoms with Gasteiger partial charge in [-0.05, 0) is 18.4 Å². The number of rotatable bonds is 4. The van der Waals surface area contributed by atoms with Crippen molar-refractivity contribution in [2.75, 3.05) is 50.8 Å². The van der Waals surface area contributed by atoms with Crippen LogP contribution in [0.15, 0.2) is 18.2 Å². The number of nitro groups is 1. The van der Waals surface area contributed by atoms with E-state index in [-0.39, 0.29) is 5.69 Å². The molecule has 22 heavy (non-hydrogen) atoms. The van der Waals surface area contributed by atoms with E-state index in [1.165, 1.54) is 12.1 Å². The Bertz CT molecular complexity index is 541. The Balaban J connectivity index is 1.57. The number of piperazine rings is 1. The molecule has 120 valence electrons. The number of halogens is 1. The average Bonchev–Trinajstić information content (AvgIpc) is 3.01. The minimum atomic E-state index is -0.575. The molecule has 0 spiro atoms. The molecule has 2 fully saturated rings. The molecule has 1 unspecified atom stereocenters. The average molecular weight is 309 g/mol. The number of nitrogens with zero attached hydrogens (tertiary/aromatic N) is 3. The van der Waals surface area contributed by atoms with Gasteiger partial charge in [-0.1, -0.05) is 0 Å². The van der Waals surface area contributed by atoms with E-state index in [1.54, 1.807) is 0 Å². The first kappa shape index (κ1) is 15.2. The van der Waals surface area contributed by atoms with Crippen LogP contribution >= 0.6 is 0 Å². The van der Waals surface area contributed by atoms with Crippen molar-refractivity contribution in [1.82, 2.24) is 4.90 Å². The lowest BCUT2D eigenvalue weighted by Crippen LogP contribution is -2.48. The Morgan fingerprint density at radius 2 is 2.09 bits per heavy atom. The fourth-order valence-corrected chi connectivity index (χ4v) is 3.13. The molecule has 1 aromatic carbocycles. The van der Waals surface area contributed by atoms with E-state index in [4.69, 9.17) is 4.74 Å². The lowest BCUT2D eigenvalue weighted by Gasteiger charge is -2.37. The molecule has 2 aliphatic rings. The van der Waals surface area contributed by atoms with E-state index in [1.807, 2.05) is 4.90 Å². The Kier molecular flexibility index (Phi) is 4.54. The summed E-state index contributed by atoms with van der Waals surface area (Å²) in [5, 5.41) is 10.7. The van der Waals surface area contributed by atoms with Gasteiger partial charge in [-0.2, -0.15) is 0 Å². The quantitative estimate of drug-likeness (QED) is 0.628. The van der Waals surface area contributed by atoms with Gasteiger partial charge >= 0.3 is 0 Å². The van der Waals surface area contributed by atoms with Crippen LogP contribution in [0.25, 0.3) is 0 Å². The number of nitro benzene ring substituents is 1. The first-order valence-electron chi connectivity index (χ1n) is 7.62. The summed E-state index contributed by atoms with van der Waals surface area (Å²) in [5.41, 5.74) is 0.246. The van der Waals surface area contributed by atoms with Crippen LogP contribution in [0.2, 0.25) is 0 Å². The van der Waals surface area contributed by atoms with Crippen LogP contribution in [-0.4, -0.2) is 55.8 Å². The molecular formula is C15H20FN3O3. The first-order valence-corrected chi connectivity index (χ1v) is 7.62. The van der Waals surface area contributed by atoms with Crippen LogP contribution in [0, 0.1) is 21.8 Å². The zero-order valence-electron chi connectivity index (χ0n) is 12.4. The summed E-state index contributed by atoms with van der Waals surface area (Å²) >= 11 is 0. The van der Waals surface area contributed by atoms with Crippen LogP contribution in [0.1, 0.15) is 6.42 Å². The van der Waals surface area contributed by atoms with Crippen molar-refractivity contribution < 1.29 is 14.1 Å². The monoisotopic (exact) mass is 309 g/mol. The molecular weight excluding hydrogens is 289 g/mol. The van der Waals surface area contributed by atoms with Crippen LogP contribution in [0.5, 0.6) is 0 Å². The third-order valence-corrected chi connectivity index (χ3v) is 4.40. The van der Waals surface area contributed by atoms with Crippen LogP contribution in [-0.2, 0) is 4.74 Å². The van der Waals surface area contributed by atoms with E-state index >= 15 is 0 Å². The number of benzene rings is 1. The zero-order valence-corrected chi connectivity index (χ0v) is 12.4. The lowest BCUT2D eigenvalue weighted by molar-refractivity contribution is -0.385.